The number of imide groups is 1. The number of amides is 2. The van der Waals surface area contributed by atoms with Crippen molar-refractivity contribution in [1.82, 2.24) is 5.32 Å². The van der Waals surface area contributed by atoms with Gasteiger partial charge in [0, 0.05) is 10.6 Å². The van der Waals surface area contributed by atoms with Gasteiger partial charge in [-0.1, -0.05) is 30.7 Å². The molecule has 0 bridgehead atoms. The fraction of sp³-hybridized carbons (Fsp3) is 0.188. The lowest BCUT2D eigenvalue weighted by atomic mass is 9.94. The summed E-state index contributed by atoms with van der Waals surface area (Å²) in [7, 11) is 0. The van der Waals surface area contributed by atoms with Gasteiger partial charge in [0.05, 0.1) is 0 Å². The highest BCUT2D eigenvalue weighted by Crippen LogP contribution is 2.24. The number of rotatable bonds is 3. The molecule has 1 heterocycles. The zero-order valence-electron chi connectivity index (χ0n) is 11.8. The summed E-state index contributed by atoms with van der Waals surface area (Å²) >= 11 is 5.87. The fourth-order valence-electron chi connectivity index (χ4n) is 2.11. The molecule has 0 saturated carbocycles. The average Bonchev–Trinajstić information content (AvgIpc) is 2.46. The Morgan fingerprint density at radius 3 is 2.43 bits per heavy atom. The predicted octanol–water partition coefficient (Wildman–Crippen LogP) is 3.13. The van der Waals surface area contributed by atoms with Gasteiger partial charge in [0.1, 0.15) is 5.71 Å². The van der Waals surface area contributed by atoms with E-state index in [1.807, 2.05) is 19.1 Å². The largest absolute Gasteiger partial charge is 0.295 e. The molecule has 1 aromatic carbocycles. The molecule has 0 spiro atoms. The van der Waals surface area contributed by atoms with E-state index in [0.29, 0.717) is 22.6 Å². The van der Waals surface area contributed by atoms with Crippen LogP contribution >= 0.6 is 11.6 Å². The molecular formula is C16H15ClN2O2. The summed E-state index contributed by atoms with van der Waals surface area (Å²) in [6.07, 6.45) is 2.45. The first-order valence-corrected chi connectivity index (χ1v) is 6.93. The molecule has 0 radical (unpaired) electrons. The number of hydrogen-bond donors (Lipinski definition) is 2. The van der Waals surface area contributed by atoms with Gasteiger partial charge in [-0.2, -0.15) is 0 Å². The third kappa shape index (κ3) is 3.11. The second-order valence-corrected chi connectivity index (χ2v) is 5.16. The summed E-state index contributed by atoms with van der Waals surface area (Å²) in [6.45, 7) is 3.59. The summed E-state index contributed by atoms with van der Waals surface area (Å²) in [6, 6.07) is 7.33. The molecule has 0 atom stereocenters. The Hall–Kier alpha value is -2.20. The maximum absolute atomic E-state index is 11.9. The van der Waals surface area contributed by atoms with Crippen molar-refractivity contribution in [2.24, 2.45) is 0 Å². The number of hydrogen-bond acceptors (Lipinski definition) is 3. The van der Waals surface area contributed by atoms with E-state index in [1.165, 1.54) is 0 Å². The summed E-state index contributed by atoms with van der Waals surface area (Å²) in [5.74, 6) is -1.12. The van der Waals surface area contributed by atoms with Crippen LogP contribution in [0.25, 0.3) is 5.57 Å². The highest BCUT2D eigenvalue weighted by atomic mass is 35.5. The lowest BCUT2D eigenvalue weighted by molar-refractivity contribution is -0.125. The molecule has 0 unspecified atom stereocenters. The number of benzene rings is 1. The lowest BCUT2D eigenvalue weighted by Crippen LogP contribution is -2.42. The quantitative estimate of drug-likeness (QED) is 0.842. The SMILES string of the molecule is CC/C(=C\C1=C(C)C(=N)C(=O)NC1=O)c1ccc(Cl)cc1. The summed E-state index contributed by atoms with van der Waals surface area (Å²) in [4.78, 5) is 23.3. The van der Waals surface area contributed by atoms with Crippen LogP contribution in [-0.4, -0.2) is 17.5 Å². The topological polar surface area (TPSA) is 70.0 Å². The zero-order valence-corrected chi connectivity index (χ0v) is 12.5. The van der Waals surface area contributed by atoms with Gasteiger partial charge >= 0.3 is 0 Å². The maximum Gasteiger partial charge on any atom is 0.276 e. The smallest absolute Gasteiger partial charge is 0.276 e. The Morgan fingerprint density at radius 1 is 1.24 bits per heavy atom. The van der Waals surface area contributed by atoms with Crippen LogP contribution in [0.3, 0.4) is 0 Å². The van der Waals surface area contributed by atoms with Gasteiger partial charge in [0.25, 0.3) is 11.8 Å². The van der Waals surface area contributed by atoms with Gasteiger partial charge in [0.15, 0.2) is 0 Å². The second kappa shape index (κ2) is 6.06. The van der Waals surface area contributed by atoms with E-state index in [2.05, 4.69) is 5.32 Å². The molecule has 2 amide bonds. The first-order chi connectivity index (χ1) is 9.93. The molecule has 1 aliphatic rings. The minimum Gasteiger partial charge on any atom is -0.295 e. The van der Waals surface area contributed by atoms with Gasteiger partial charge in [-0.3, -0.25) is 20.3 Å². The van der Waals surface area contributed by atoms with Crippen LogP contribution < -0.4 is 5.32 Å². The minimum atomic E-state index is -0.654. The van der Waals surface area contributed by atoms with E-state index in [-0.39, 0.29) is 5.71 Å². The number of allylic oxidation sites excluding steroid dienone is 1. The number of carbonyl (C=O) groups excluding carboxylic acids is 2. The molecule has 0 fully saturated rings. The molecule has 2 N–H and O–H groups in total. The third-order valence-corrected chi connectivity index (χ3v) is 3.64. The van der Waals surface area contributed by atoms with Gasteiger partial charge in [-0.15, -0.1) is 0 Å². The van der Waals surface area contributed by atoms with Crippen LogP contribution in [0.2, 0.25) is 5.02 Å². The average molecular weight is 303 g/mol. The standard InChI is InChI=1S/C16H15ClN2O2/c1-3-10(11-4-6-12(17)7-5-11)8-13-9(2)14(18)16(21)19-15(13)20/h4-8,18H,3H2,1-2H3,(H,19,20,21)/b10-8+,18-14?. The van der Waals surface area contributed by atoms with E-state index in [9.17, 15) is 9.59 Å². The predicted molar refractivity (Wildman–Crippen MR) is 83.3 cm³/mol. The second-order valence-electron chi connectivity index (χ2n) is 4.73. The van der Waals surface area contributed by atoms with Gasteiger partial charge < -0.3 is 0 Å². The molecule has 1 aliphatic heterocycles. The molecule has 0 aliphatic carbocycles. The van der Waals surface area contributed by atoms with Crippen LogP contribution in [0.5, 0.6) is 0 Å². The van der Waals surface area contributed by atoms with Gasteiger partial charge in [0.2, 0.25) is 0 Å². The van der Waals surface area contributed by atoms with Gasteiger partial charge in [-0.05, 0) is 48.3 Å². The Labute approximate surface area is 128 Å². The van der Waals surface area contributed by atoms with Crippen molar-refractivity contribution in [3.8, 4) is 0 Å². The highest BCUT2D eigenvalue weighted by molar-refractivity contribution is 6.49. The van der Waals surface area contributed by atoms with Crippen molar-refractivity contribution in [3.05, 3.63) is 52.1 Å². The van der Waals surface area contributed by atoms with Crippen molar-refractivity contribution < 1.29 is 9.59 Å². The molecule has 5 heteroatoms. The molecular weight excluding hydrogens is 288 g/mol. The molecule has 0 saturated heterocycles. The zero-order chi connectivity index (χ0) is 15.6. The molecule has 4 nitrogen and oxygen atoms in total. The first-order valence-electron chi connectivity index (χ1n) is 6.56. The number of carbonyl (C=O) groups is 2. The van der Waals surface area contributed by atoms with E-state index in [1.54, 1.807) is 25.1 Å². The monoisotopic (exact) mass is 302 g/mol. The Bertz CT molecular complexity index is 685. The fourth-order valence-corrected chi connectivity index (χ4v) is 2.24. The van der Waals surface area contributed by atoms with E-state index < -0.39 is 11.8 Å². The summed E-state index contributed by atoms with van der Waals surface area (Å²) < 4.78 is 0. The number of nitrogens with one attached hydrogen (secondary N) is 2. The van der Waals surface area contributed by atoms with Crippen molar-refractivity contribution in [3.63, 3.8) is 0 Å². The van der Waals surface area contributed by atoms with E-state index >= 15 is 0 Å². The molecule has 108 valence electrons. The molecule has 21 heavy (non-hydrogen) atoms. The molecule has 2 rings (SSSR count). The van der Waals surface area contributed by atoms with Crippen LogP contribution in [-0.2, 0) is 9.59 Å². The van der Waals surface area contributed by atoms with Crippen molar-refractivity contribution in [1.29, 1.82) is 5.41 Å². The van der Waals surface area contributed by atoms with E-state index in [0.717, 1.165) is 11.1 Å². The first kappa shape index (κ1) is 15.2. The third-order valence-electron chi connectivity index (χ3n) is 3.39. The Morgan fingerprint density at radius 2 is 1.86 bits per heavy atom. The summed E-state index contributed by atoms with van der Waals surface area (Å²) in [5.41, 5.74) is 2.47. The highest BCUT2D eigenvalue weighted by Gasteiger charge is 2.26. The van der Waals surface area contributed by atoms with Crippen LogP contribution in [0.1, 0.15) is 25.8 Å². The van der Waals surface area contributed by atoms with Crippen LogP contribution in [0.15, 0.2) is 41.5 Å². The molecule has 0 aromatic heterocycles. The van der Waals surface area contributed by atoms with E-state index in [4.69, 9.17) is 17.0 Å². The maximum atomic E-state index is 11.9. The Kier molecular flexibility index (Phi) is 4.38. The normalized spacial score (nSPS) is 16.3. The van der Waals surface area contributed by atoms with Crippen molar-refractivity contribution in [2.45, 2.75) is 20.3 Å². The van der Waals surface area contributed by atoms with Gasteiger partial charge in [-0.25, -0.2) is 0 Å². The van der Waals surface area contributed by atoms with Crippen molar-refractivity contribution >= 4 is 34.7 Å². The number of halogens is 1. The van der Waals surface area contributed by atoms with Crippen molar-refractivity contribution in [2.75, 3.05) is 0 Å². The van der Waals surface area contributed by atoms with Crippen LogP contribution in [0, 0.1) is 5.41 Å². The molecule has 1 aromatic rings. The summed E-state index contributed by atoms with van der Waals surface area (Å²) in [5, 5.41) is 10.5. The lowest BCUT2D eigenvalue weighted by Gasteiger charge is -2.16. The minimum absolute atomic E-state index is 0.174. The van der Waals surface area contributed by atoms with Crippen LogP contribution in [0.4, 0.5) is 0 Å². The Balaban J connectivity index is 2.48.